The zero-order valence-corrected chi connectivity index (χ0v) is 15.9. The lowest BCUT2D eigenvalue weighted by Gasteiger charge is -2.39. The molecule has 0 atom stereocenters. The number of carboxylic acids is 1. The third kappa shape index (κ3) is 4.72. The van der Waals surface area contributed by atoms with Crippen LogP contribution >= 0.6 is 0 Å². The van der Waals surface area contributed by atoms with E-state index in [4.69, 9.17) is 9.47 Å². The fourth-order valence-corrected chi connectivity index (χ4v) is 5.66. The summed E-state index contributed by atoms with van der Waals surface area (Å²) < 4.78 is 36.5. The van der Waals surface area contributed by atoms with Crippen LogP contribution in [0.2, 0.25) is 0 Å². The van der Waals surface area contributed by atoms with Gasteiger partial charge in [-0.25, -0.2) is 12.7 Å². The van der Waals surface area contributed by atoms with Gasteiger partial charge in [0.2, 0.25) is 10.0 Å². The van der Waals surface area contributed by atoms with Crippen molar-refractivity contribution in [2.45, 2.75) is 56.6 Å². The Kier molecular flexibility index (Phi) is 7.67. The van der Waals surface area contributed by atoms with E-state index < -0.39 is 20.7 Å². The molecule has 2 aliphatic rings. The first-order chi connectivity index (χ1) is 11.9. The molecule has 0 bridgehead atoms. The summed E-state index contributed by atoms with van der Waals surface area (Å²) in [5, 5.41) is 9.62. The summed E-state index contributed by atoms with van der Waals surface area (Å²) in [6, 6.07) is 0. The number of aliphatic carboxylic acids is 1. The van der Waals surface area contributed by atoms with E-state index in [2.05, 4.69) is 6.92 Å². The molecule has 1 N–H and O–H groups in total. The highest BCUT2D eigenvalue weighted by Crippen LogP contribution is 2.35. The molecule has 0 spiro atoms. The SMILES string of the molecule is CCCCOCCC1CCN(S(=O)(=O)C2(C(=O)O)CCOCC2)CC1. The number of ether oxygens (including phenoxy) is 2. The lowest BCUT2D eigenvalue weighted by molar-refractivity contribution is -0.142. The molecule has 0 aromatic carbocycles. The van der Waals surface area contributed by atoms with Gasteiger partial charge in [-0.3, -0.25) is 4.79 Å². The van der Waals surface area contributed by atoms with Crippen LogP contribution < -0.4 is 0 Å². The molecule has 146 valence electrons. The van der Waals surface area contributed by atoms with Crippen molar-refractivity contribution in [3.8, 4) is 0 Å². The zero-order chi connectivity index (χ0) is 18.3. The van der Waals surface area contributed by atoms with Crippen LogP contribution in [-0.2, 0) is 24.3 Å². The van der Waals surface area contributed by atoms with E-state index in [0.717, 1.165) is 38.7 Å². The first-order valence-corrected chi connectivity index (χ1v) is 10.8. The summed E-state index contributed by atoms with van der Waals surface area (Å²) in [6.07, 6.45) is 4.71. The molecule has 7 nitrogen and oxygen atoms in total. The molecule has 8 heteroatoms. The molecule has 0 radical (unpaired) electrons. The van der Waals surface area contributed by atoms with Gasteiger partial charge >= 0.3 is 5.97 Å². The molecule has 0 unspecified atom stereocenters. The normalized spacial score (nSPS) is 22.8. The van der Waals surface area contributed by atoms with Crippen molar-refractivity contribution in [3.63, 3.8) is 0 Å². The maximum Gasteiger partial charge on any atom is 0.326 e. The second-order valence-electron chi connectivity index (χ2n) is 7.01. The third-order valence-corrected chi connectivity index (χ3v) is 8.03. The third-order valence-electron chi connectivity index (χ3n) is 5.41. The molecule has 0 aliphatic carbocycles. The van der Waals surface area contributed by atoms with Gasteiger partial charge in [0.25, 0.3) is 0 Å². The molecule has 2 fully saturated rings. The molecule has 2 saturated heterocycles. The Labute approximate surface area is 150 Å². The Hall–Kier alpha value is -0.700. The Morgan fingerprint density at radius 3 is 2.44 bits per heavy atom. The highest BCUT2D eigenvalue weighted by molar-refractivity contribution is 7.91. The number of unbranched alkanes of at least 4 members (excludes halogenated alkanes) is 1. The van der Waals surface area contributed by atoms with Crippen molar-refractivity contribution < 1.29 is 27.8 Å². The van der Waals surface area contributed by atoms with Crippen LogP contribution in [0.25, 0.3) is 0 Å². The van der Waals surface area contributed by atoms with Gasteiger partial charge < -0.3 is 14.6 Å². The number of carboxylic acid groups (broad SMARTS) is 1. The average Bonchev–Trinajstić information content (AvgIpc) is 2.62. The average molecular weight is 378 g/mol. The fourth-order valence-electron chi connectivity index (χ4n) is 3.57. The van der Waals surface area contributed by atoms with E-state index in [-0.39, 0.29) is 26.1 Å². The van der Waals surface area contributed by atoms with Crippen molar-refractivity contribution in [3.05, 3.63) is 0 Å². The van der Waals surface area contributed by atoms with Crippen molar-refractivity contribution in [2.24, 2.45) is 5.92 Å². The van der Waals surface area contributed by atoms with Gasteiger partial charge in [-0.2, -0.15) is 0 Å². The van der Waals surface area contributed by atoms with Crippen molar-refractivity contribution in [1.29, 1.82) is 0 Å². The summed E-state index contributed by atoms with van der Waals surface area (Å²) >= 11 is 0. The van der Waals surface area contributed by atoms with E-state index in [1.54, 1.807) is 0 Å². The lowest BCUT2D eigenvalue weighted by Crippen LogP contribution is -2.57. The second-order valence-corrected chi connectivity index (χ2v) is 9.26. The van der Waals surface area contributed by atoms with Gasteiger partial charge in [0, 0.05) is 52.4 Å². The van der Waals surface area contributed by atoms with E-state index in [9.17, 15) is 18.3 Å². The van der Waals surface area contributed by atoms with Crippen molar-refractivity contribution in [2.75, 3.05) is 39.5 Å². The molecule has 0 aromatic rings. The molecule has 2 heterocycles. The maximum atomic E-state index is 13.0. The van der Waals surface area contributed by atoms with E-state index >= 15 is 0 Å². The fraction of sp³-hybridized carbons (Fsp3) is 0.941. The van der Waals surface area contributed by atoms with Crippen LogP contribution in [0.5, 0.6) is 0 Å². The first kappa shape index (κ1) is 20.6. The van der Waals surface area contributed by atoms with Gasteiger partial charge in [0.05, 0.1) is 0 Å². The Morgan fingerprint density at radius 1 is 1.24 bits per heavy atom. The molecule has 25 heavy (non-hydrogen) atoms. The van der Waals surface area contributed by atoms with Gasteiger partial charge in [-0.15, -0.1) is 0 Å². The summed E-state index contributed by atoms with van der Waals surface area (Å²) in [5.41, 5.74) is 0. The molecular weight excluding hydrogens is 346 g/mol. The maximum absolute atomic E-state index is 13.0. The number of hydrogen-bond donors (Lipinski definition) is 1. The van der Waals surface area contributed by atoms with Crippen LogP contribution in [0.1, 0.15) is 51.9 Å². The van der Waals surface area contributed by atoms with E-state index in [1.807, 2.05) is 0 Å². The molecule has 2 rings (SSSR count). The summed E-state index contributed by atoms with van der Waals surface area (Å²) in [5.74, 6) is -0.800. The number of rotatable bonds is 9. The van der Waals surface area contributed by atoms with Crippen LogP contribution in [0.15, 0.2) is 0 Å². The molecule has 0 saturated carbocycles. The van der Waals surface area contributed by atoms with Gasteiger partial charge in [-0.1, -0.05) is 13.3 Å². The minimum absolute atomic E-state index is 0.0237. The van der Waals surface area contributed by atoms with E-state index in [1.165, 1.54) is 4.31 Å². The monoisotopic (exact) mass is 377 g/mol. The summed E-state index contributed by atoms with van der Waals surface area (Å²) in [7, 11) is -3.88. The Bertz CT molecular complexity index is 521. The molecular formula is C17H31NO6S. The number of hydrogen-bond acceptors (Lipinski definition) is 5. The lowest BCUT2D eigenvalue weighted by atomic mass is 9.95. The largest absolute Gasteiger partial charge is 0.480 e. The van der Waals surface area contributed by atoms with Crippen molar-refractivity contribution in [1.82, 2.24) is 4.31 Å². The predicted octanol–water partition coefficient (Wildman–Crippen LogP) is 1.87. The number of piperidine rings is 1. The minimum atomic E-state index is -3.88. The van der Waals surface area contributed by atoms with Crippen LogP contribution in [0.3, 0.4) is 0 Å². The smallest absolute Gasteiger partial charge is 0.326 e. The van der Waals surface area contributed by atoms with Crippen LogP contribution in [-0.4, -0.2) is 68.1 Å². The molecule has 0 aromatic heterocycles. The number of sulfonamides is 1. The van der Waals surface area contributed by atoms with Gasteiger partial charge in [0.15, 0.2) is 4.75 Å². The minimum Gasteiger partial charge on any atom is -0.480 e. The topological polar surface area (TPSA) is 93.1 Å². The summed E-state index contributed by atoms with van der Waals surface area (Å²) in [4.78, 5) is 11.8. The van der Waals surface area contributed by atoms with Crippen LogP contribution in [0, 0.1) is 5.92 Å². The predicted molar refractivity (Wildman–Crippen MR) is 94.0 cm³/mol. The highest BCUT2D eigenvalue weighted by Gasteiger charge is 2.54. The van der Waals surface area contributed by atoms with E-state index in [0.29, 0.717) is 25.6 Å². The quantitative estimate of drug-likeness (QED) is 0.617. The number of nitrogens with zero attached hydrogens (tertiary/aromatic N) is 1. The zero-order valence-electron chi connectivity index (χ0n) is 15.1. The van der Waals surface area contributed by atoms with Crippen LogP contribution in [0.4, 0.5) is 0 Å². The molecule has 0 amide bonds. The highest BCUT2D eigenvalue weighted by atomic mass is 32.2. The van der Waals surface area contributed by atoms with Crippen molar-refractivity contribution >= 4 is 16.0 Å². The Morgan fingerprint density at radius 2 is 1.88 bits per heavy atom. The molecule has 2 aliphatic heterocycles. The Balaban J connectivity index is 1.89. The van der Waals surface area contributed by atoms with Gasteiger partial charge in [-0.05, 0) is 31.6 Å². The number of carbonyl (C=O) groups is 1. The second kappa shape index (κ2) is 9.30. The first-order valence-electron chi connectivity index (χ1n) is 9.32. The van der Waals surface area contributed by atoms with Gasteiger partial charge in [0.1, 0.15) is 0 Å². The standard InChI is InChI=1S/C17H31NO6S/c1-2-3-11-23-12-6-15-4-9-18(10-5-15)25(21,22)17(16(19)20)7-13-24-14-8-17/h15H,2-14H2,1H3,(H,19,20). The summed E-state index contributed by atoms with van der Waals surface area (Å²) in [6.45, 7) is 4.78.